The van der Waals surface area contributed by atoms with Crippen molar-refractivity contribution in [1.82, 2.24) is 9.80 Å². The van der Waals surface area contributed by atoms with Gasteiger partial charge in [0.2, 0.25) is 5.91 Å². The van der Waals surface area contributed by atoms with Gasteiger partial charge in [0.25, 0.3) is 0 Å². The summed E-state index contributed by atoms with van der Waals surface area (Å²) in [6.07, 6.45) is 2.73. The van der Waals surface area contributed by atoms with E-state index in [-0.39, 0.29) is 23.9 Å². The fraction of sp³-hybridized carbons (Fsp3) is 0.611. The van der Waals surface area contributed by atoms with E-state index in [0.29, 0.717) is 24.4 Å². The Kier molecular flexibility index (Phi) is 3.63. The molecule has 4 saturated heterocycles. The van der Waals surface area contributed by atoms with Gasteiger partial charge in [-0.05, 0) is 49.5 Å². The number of carbonyl (C=O) groups is 1. The summed E-state index contributed by atoms with van der Waals surface area (Å²) >= 11 is 0. The predicted molar refractivity (Wildman–Crippen MR) is 83.0 cm³/mol. The Morgan fingerprint density at radius 1 is 1.13 bits per heavy atom. The average molecular weight is 320 g/mol. The minimum atomic E-state index is -0.534. The summed E-state index contributed by atoms with van der Waals surface area (Å²) in [5, 5.41) is 0. The molecular formula is C18H22F2N2O. The van der Waals surface area contributed by atoms with Crippen LogP contribution in [0.1, 0.15) is 37.7 Å². The number of carbonyl (C=O) groups excluding carboxylic acids is 1. The highest BCUT2D eigenvalue weighted by atomic mass is 19.1. The molecule has 0 spiro atoms. The van der Waals surface area contributed by atoms with Crippen LogP contribution in [0.5, 0.6) is 0 Å². The van der Waals surface area contributed by atoms with Crippen LogP contribution >= 0.6 is 0 Å². The molecule has 4 aliphatic heterocycles. The number of fused-ring (bicyclic) bond motifs is 2. The highest BCUT2D eigenvalue weighted by Crippen LogP contribution is 2.46. The summed E-state index contributed by atoms with van der Waals surface area (Å²) in [7, 11) is 0. The number of halogens is 2. The lowest BCUT2D eigenvalue weighted by Crippen LogP contribution is -2.60. The normalized spacial score (nSPS) is 35.4. The lowest BCUT2D eigenvalue weighted by atomic mass is 9.75. The van der Waals surface area contributed by atoms with Crippen LogP contribution in [0, 0.1) is 17.6 Å². The van der Waals surface area contributed by atoms with Gasteiger partial charge in [-0.25, -0.2) is 8.78 Å². The summed E-state index contributed by atoms with van der Waals surface area (Å²) in [6, 6.07) is 4.21. The van der Waals surface area contributed by atoms with Gasteiger partial charge in [-0.1, -0.05) is 6.92 Å². The van der Waals surface area contributed by atoms with E-state index in [0.717, 1.165) is 32.0 Å². The molecule has 3 nitrogen and oxygen atoms in total. The lowest BCUT2D eigenvalue weighted by molar-refractivity contribution is -0.135. The van der Waals surface area contributed by atoms with Crippen LogP contribution in [-0.4, -0.2) is 47.4 Å². The van der Waals surface area contributed by atoms with Crippen LogP contribution < -0.4 is 0 Å². The number of rotatable bonds is 2. The zero-order valence-corrected chi connectivity index (χ0v) is 13.3. The number of likely N-dealkylation sites (tertiary alicyclic amines) is 1. The molecule has 0 N–H and O–H groups in total. The molecule has 0 unspecified atom stereocenters. The molecule has 5 heteroatoms. The summed E-state index contributed by atoms with van der Waals surface area (Å²) in [5.41, 5.74) is 0.691. The molecule has 23 heavy (non-hydrogen) atoms. The molecule has 4 heterocycles. The molecular weight excluding hydrogens is 298 g/mol. The number of hydrogen-bond acceptors (Lipinski definition) is 2. The highest BCUT2D eigenvalue weighted by molar-refractivity contribution is 5.77. The van der Waals surface area contributed by atoms with Crippen molar-refractivity contribution >= 4 is 5.91 Å². The van der Waals surface area contributed by atoms with Gasteiger partial charge in [0.1, 0.15) is 11.6 Å². The third-order valence-electron chi connectivity index (χ3n) is 5.93. The van der Waals surface area contributed by atoms with E-state index in [9.17, 15) is 13.6 Å². The first-order chi connectivity index (χ1) is 11.1. The average Bonchev–Trinajstić information content (AvgIpc) is 2.97. The smallest absolute Gasteiger partial charge is 0.222 e. The number of benzene rings is 1. The first kappa shape index (κ1) is 15.1. The molecule has 1 amide bonds. The Balaban J connectivity index is 1.74. The standard InChI is InChI=1S/C18H22F2N2O/c1-2-16(23)22-10-15(12-7-13(19)9-14(20)8-12)18-17(22)11-3-5-21(18)6-4-11/h7-9,11,15,17-18H,2-6,10H2,1H3/t15-,17+,18+/m0/s1. The number of nitrogens with zero attached hydrogens (tertiary/aromatic N) is 2. The van der Waals surface area contributed by atoms with E-state index in [1.807, 2.05) is 11.8 Å². The number of amides is 1. The molecule has 1 aromatic rings. The maximum Gasteiger partial charge on any atom is 0.222 e. The molecule has 124 valence electrons. The molecule has 0 aliphatic carbocycles. The Morgan fingerprint density at radius 3 is 2.39 bits per heavy atom. The molecule has 1 aromatic carbocycles. The van der Waals surface area contributed by atoms with Crippen molar-refractivity contribution in [2.75, 3.05) is 19.6 Å². The zero-order chi connectivity index (χ0) is 16.1. The van der Waals surface area contributed by atoms with E-state index in [4.69, 9.17) is 0 Å². The van der Waals surface area contributed by atoms with Gasteiger partial charge in [-0.3, -0.25) is 9.69 Å². The number of hydrogen-bond donors (Lipinski definition) is 0. The maximum atomic E-state index is 13.7. The Hall–Kier alpha value is -1.49. The molecule has 0 radical (unpaired) electrons. The number of piperidine rings is 3. The van der Waals surface area contributed by atoms with Crippen LogP contribution in [0.4, 0.5) is 8.78 Å². The monoisotopic (exact) mass is 320 g/mol. The van der Waals surface area contributed by atoms with Crippen LogP contribution in [-0.2, 0) is 4.79 Å². The molecule has 0 saturated carbocycles. The summed E-state index contributed by atoms with van der Waals surface area (Å²) in [6.45, 7) is 4.54. The first-order valence-electron chi connectivity index (χ1n) is 8.58. The second kappa shape index (κ2) is 5.55. The third kappa shape index (κ3) is 2.36. The van der Waals surface area contributed by atoms with Gasteiger partial charge in [-0.2, -0.15) is 0 Å². The minimum absolute atomic E-state index is 0.00352. The van der Waals surface area contributed by atoms with E-state index in [2.05, 4.69) is 4.90 Å². The Labute approximate surface area is 135 Å². The molecule has 3 atom stereocenters. The van der Waals surface area contributed by atoms with Crippen LogP contribution in [0.15, 0.2) is 18.2 Å². The van der Waals surface area contributed by atoms with Gasteiger partial charge in [-0.15, -0.1) is 0 Å². The first-order valence-corrected chi connectivity index (χ1v) is 8.58. The van der Waals surface area contributed by atoms with Gasteiger partial charge >= 0.3 is 0 Å². The predicted octanol–water partition coefficient (Wildman–Crippen LogP) is 2.76. The molecule has 4 fully saturated rings. The summed E-state index contributed by atoms with van der Waals surface area (Å²) < 4.78 is 27.4. The van der Waals surface area contributed by atoms with Crippen molar-refractivity contribution in [3.63, 3.8) is 0 Å². The highest BCUT2D eigenvalue weighted by Gasteiger charge is 2.54. The van der Waals surface area contributed by atoms with E-state index >= 15 is 0 Å². The van der Waals surface area contributed by atoms with Crippen molar-refractivity contribution in [1.29, 1.82) is 0 Å². The fourth-order valence-corrected chi connectivity index (χ4v) is 4.99. The second-order valence-corrected chi connectivity index (χ2v) is 7.06. The van der Waals surface area contributed by atoms with Gasteiger partial charge < -0.3 is 4.90 Å². The SMILES string of the molecule is CCC(=O)N1C[C@@H](c2cc(F)cc(F)c2)[C@@H]2[C@H]1C1CCN2CC1. The van der Waals surface area contributed by atoms with Crippen molar-refractivity contribution in [2.24, 2.45) is 5.92 Å². The largest absolute Gasteiger partial charge is 0.337 e. The summed E-state index contributed by atoms with van der Waals surface area (Å²) in [5.74, 6) is -0.374. The molecule has 0 aromatic heterocycles. The van der Waals surface area contributed by atoms with Crippen LogP contribution in [0.25, 0.3) is 0 Å². The van der Waals surface area contributed by atoms with Crippen LogP contribution in [0.3, 0.4) is 0 Å². The van der Waals surface area contributed by atoms with Crippen molar-refractivity contribution in [3.8, 4) is 0 Å². The topological polar surface area (TPSA) is 23.6 Å². The van der Waals surface area contributed by atoms with Crippen molar-refractivity contribution < 1.29 is 13.6 Å². The second-order valence-electron chi connectivity index (χ2n) is 7.06. The molecule has 2 bridgehead atoms. The Morgan fingerprint density at radius 2 is 1.78 bits per heavy atom. The summed E-state index contributed by atoms with van der Waals surface area (Å²) in [4.78, 5) is 16.8. The van der Waals surface area contributed by atoms with E-state index in [1.54, 1.807) is 0 Å². The molecule has 5 rings (SSSR count). The van der Waals surface area contributed by atoms with Crippen molar-refractivity contribution in [3.05, 3.63) is 35.4 Å². The van der Waals surface area contributed by atoms with Gasteiger partial charge in [0.15, 0.2) is 0 Å². The third-order valence-corrected chi connectivity index (χ3v) is 5.93. The minimum Gasteiger partial charge on any atom is -0.337 e. The fourth-order valence-electron chi connectivity index (χ4n) is 4.99. The van der Waals surface area contributed by atoms with Gasteiger partial charge in [0.05, 0.1) is 6.04 Å². The maximum absolute atomic E-state index is 13.7. The molecule has 4 aliphatic rings. The zero-order valence-electron chi connectivity index (χ0n) is 13.3. The quantitative estimate of drug-likeness (QED) is 0.836. The van der Waals surface area contributed by atoms with Crippen LogP contribution in [0.2, 0.25) is 0 Å². The van der Waals surface area contributed by atoms with E-state index in [1.165, 1.54) is 12.1 Å². The van der Waals surface area contributed by atoms with Crippen molar-refractivity contribution in [2.45, 2.75) is 44.2 Å². The van der Waals surface area contributed by atoms with E-state index < -0.39 is 11.6 Å². The lowest BCUT2D eigenvalue weighted by Gasteiger charge is -2.51. The van der Waals surface area contributed by atoms with Gasteiger partial charge in [0, 0.05) is 31.0 Å². The Bertz CT molecular complexity index is 607.